The summed E-state index contributed by atoms with van der Waals surface area (Å²) in [6, 6.07) is 5.76. The summed E-state index contributed by atoms with van der Waals surface area (Å²) in [7, 11) is 0. The number of anilines is 1. The van der Waals surface area contributed by atoms with Crippen LogP contribution < -0.4 is 26.7 Å². The van der Waals surface area contributed by atoms with Gasteiger partial charge in [0, 0.05) is 24.6 Å². The molecule has 13 heteroatoms. The highest BCUT2D eigenvalue weighted by molar-refractivity contribution is 5.94. The van der Waals surface area contributed by atoms with Crippen LogP contribution in [0, 0.1) is 5.82 Å². The number of halogens is 1. The molecular formula is C22H18FN7O5. The summed E-state index contributed by atoms with van der Waals surface area (Å²) in [5, 5.41) is 10.0. The maximum atomic E-state index is 14.5. The second kappa shape index (κ2) is 8.13. The molecule has 2 N–H and O–H groups in total. The molecule has 178 valence electrons. The van der Waals surface area contributed by atoms with Gasteiger partial charge in [0.25, 0.3) is 11.5 Å². The molecule has 1 amide bonds. The van der Waals surface area contributed by atoms with Gasteiger partial charge in [-0.05, 0) is 31.2 Å². The van der Waals surface area contributed by atoms with Crippen molar-refractivity contribution in [3.05, 3.63) is 68.6 Å². The van der Waals surface area contributed by atoms with Crippen molar-refractivity contribution in [3.63, 3.8) is 0 Å². The fraction of sp³-hybridized carbons (Fsp3) is 0.273. The van der Waals surface area contributed by atoms with Gasteiger partial charge in [0.1, 0.15) is 5.82 Å². The van der Waals surface area contributed by atoms with E-state index in [2.05, 4.69) is 25.7 Å². The van der Waals surface area contributed by atoms with Crippen LogP contribution in [0.25, 0.3) is 16.9 Å². The van der Waals surface area contributed by atoms with Gasteiger partial charge >= 0.3 is 5.76 Å². The third-order valence-corrected chi connectivity index (χ3v) is 5.93. The van der Waals surface area contributed by atoms with Gasteiger partial charge in [-0.25, -0.2) is 14.2 Å². The number of nitrogens with zero attached hydrogens (tertiary/aromatic N) is 5. The Bertz CT molecular complexity index is 1610. The predicted molar refractivity (Wildman–Crippen MR) is 119 cm³/mol. The molecule has 6 rings (SSSR count). The summed E-state index contributed by atoms with van der Waals surface area (Å²) in [5.41, 5.74) is 1.31. The fourth-order valence-electron chi connectivity index (χ4n) is 4.37. The van der Waals surface area contributed by atoms with E-state index in [1.165, 1.54) is 22.9 Å². The Kier molecular flexibility index (Phi) is 4.91. The minimum atomic E-state index is -0.713. The normalized spacial score (nSPS) is 16.3. The molecule has 0 aromatic carbocycles. The van der Waals surface area contributed by atoms with Crippen molar-refractivity contribution >= 4 is 22.8 Å². The Morgan fingerprint density at radius 1 is 1.20 bits per heavy atom. The van der Waals surface area contributed by atoms with Crippen LogP contribution in [0.3, 0.4) is 0 Å². The van der Waals surface area contributed by atoms with Gasteiger partial charge in [-0.1, -0.05) is 0 Å². The minimum absolute atomic E-state index is 0.0987. The van der Waals surface area contributed by atoms with E-state index in [9.17, 15) is 18.8 Å². The summed E-state index contributed by atoms with van der Waals surface area (Å²) in [5.74, 6) is -0.528. The van der Waals surface area contributed by atoms with E-state index in [1.807, 2.05) is 0 Å². The minimum Gasteiger partial charge on any atom is -0.480 e. The first-order valence-electron chi connectivity index (χ1n) is 10.9. The highest BCUT2D eigenvalue weighted by Crippen LogP contribution is 2.32. The number of carbonyl (C=O) groups is 1. The second-order valence-corrected chi connectivity index (χ2v) is 8.17. The van der Waals surface area contributed by atoms with Gasteiger partial charge in [-0.15, -0.1) is 9.78 Å². The molecular weight excluding hydrogens is 461 g/mol. The van der Waals surface area contributed by atoms with E-state index in [1.54, 1.807) is 12.1 Å². The van der Waals surface area contributed by atoms with Gasteiger partial charge in [0.2, 0.25) is 5.89 Å². The molecule has 0 aliphatic carbocycles. The summed E-state index contributed by atoms with van der Waals surface area (Å²) in [6.45, 7) is 0.675. The molecule has 12 nitrogen and oxygen atoms in total. The maximum absolute atomic E-state index is 14.5. The lowest BCUT2D eigenvalue weighted by atomic mass is 10.1. The highest BCUT2D eigenvalue weighted by atomic mass is 19.1. The van der Waals surface area contributed by atoms with Crippen LogP contribution in [0.2, 0.25) is 0 Å². The Hall–Kier alpha value is -4.39. The molecule has 0 spiro atoms. The van der Waals surface area contributed by atoms with E-state index >= 15 is 0 Å². The van der Waals surface area contributed by atoms with Crippen LogP contribution in [0.15, 0.2) is 44.5 Å². The molecule has 0 saturated heterocycles. The van der Waals surface area contributed by atoms with Crippen molar-refractivity contribution in [2.24, 2.45) is 0 Å². The van der Waals surface area contributed by atoms with Gasteiger partial charge in [0.05, 0.1) is 23.3 Å². The number of rotatable bonds is 6. The monoisotopic (exact) mass is 479 g/mol. The van der Waals surface area contributed by atoms with Crippen LogP contribution in [-0.2, 0) is 17.8 Å². The van der Waals surface area contributed by atoms with Crippen LogP contribution in [-0.4, -0.2) is 43.4 Å². The topological polar surface area (TPSA) is 146 Å². The van der Waals surface area contributed by atoms with Crippen LogP contribution in [0.5, 0.6) is 5.75 Å². The molecule has 0 unspecified atom stereocenters. The lowest BCUT2D eigenvalue weighted by Crippen LogP contribution is -2.27. The third kappa shape index (κ3) is 3.65. The number of pyridine rings is 3. The zero-order chi connectivity index (χ0) is 24.1. The number of hydrogen-bond acceptors (Lipinski definition) is 9. The van der Waals surface area contributed by atoms with E-state index in [0.717, 1.165) is 4.68 Å². The zero-order valence-electron chi connectivity index (χ0n) is 18.2. The number of fused-ring (bicyclic) bond motifs is 1. The lowest BCUT2D eigenvalue weighted by molar-refractivity contribution is -0.118. The van der Waals surface area contributed by atoms with Crippen molar-refractivity contribution in [2.45, 2.75) is 25.4 Å². The van der Waals surface area contributed by atoms with Crippen molar-refractivity contribution in [2.75, 3.05) is 18.5 Å². The number of aromatic nitrogens is 5. The van der Waals surface area contributed by atoms with Crippen molar-refractivity contribution < 1.29 is 18.3 Å². The Morgan fingerprint density at radius 3 is 2.97 bits per heavy atom. The molecule has 0 radical (unpaired) electrons. The SMILES string of the molecule is O=C1COc2ccc(-n3nc(CCCN[C@@H]4Cn5c(=O)ccc6ncc(F)c4c65)oc3=O)nc2N1. The van der Waals surface area contributed by atoms with Crippen molar-refractivity contribution in [1.29, 1.82) is 0 Å². The van der Waals surface area contributed by atoms with Gasteiger partial charge in [0.15, 0.2) is 24.0 Å². The maximum Gasteiger partial charge on any atom is 0.443 e. The Morgan fingerprint density at radius 2 is 2.09 bits per heavy atom. The van der Waals surface area contributed by atoms with E-state index in [4.69, 9.17) is 9.15 Å². The van der Waals surface area contributed by atoms with Crippen molar-refractivity contribution in [3.8, 4) is 11.6 Å². The summed E-state index contributed by atoms with van der Waals surface area (Å²) < 4.78 is 27.6. The standard InChI is InChI=1S/C22H18FN7O5/c23-11-8-25-12-3-6-18(32)29-9-13(19(11)20(12)29)24-7-1-2-17-28-30(22(33)35-17)15-5-4-14-21(26-15)27-16(31)10-34-14/h3-6,8,13,24H,1-2,7,9-10H2,(H,26,27,31)/t13-/m1/s1. The number of hydrogen-bond donors (Lipinski definition) is 2. The average Bonchev–Trinajstić information content (AvgIpc) is 3.42. The Balaban J connectivity index is 1.13. The molecule has 2 aliphatic heterocycles. The zero-order valence-corrected chi connectivity index (χ0v) is 18.2. The average molecular weight is 479 g/mol. The third-order valence-electron chi connectivity index (χ3n) is 5.93. The predicted octanol–water partition coefficient (Wildman–Crippen LogP) is 0.677. The Labute approximate surface area is 195 Å². The van der Waals surface area contributed by atoms with Gasteiger partial charge in [-0.2, -0.15) is 0 Å². The first-order chi connectivity index (χ1) is 17.0. The summed E-state index contributed by atoms with van der Waals surface area (Å²) >= 11 is 0. The van der Waals surface area contributed by atoms with Crippen LogP contribution in [0.4, 0.5) is 10.2 Å². The highest BCUT2D eigenvalue weighted by Gasteiger charge is 2.28. The van der Waals surface area contributed by atoms with E-state index in [0.29, 0.717) is 48.3 Å². The smallest absolute Gasteiger partial charge is 0.443 e. The van der Waals surface area contributed by atoms with Crippen LogP contribution in [0.1, 0.15) is 23.9 Å². The second-order valence-electron chi connectivity index (χ2n) is 8.17. The first-order valence-corrected chi connectivity index (χ1v) is 10.9. The lowest BCUT2D eigenvalue weighted by Gasteiger charge is -2.16. The quantitative estimate of drug-likeness (QED) is 0.381. The summed E-state index contributed by atoms with van der Waals surface area (Å²) in [6.07, 6.45) is 2.05. The molecule has 4 aromatic rings. The fourth-order valence-corrected chi connectivity index (χ4v) is 4.37. The molecule has 0 fully saturated rings. The van der Waals surface area contributed by atoms with Crippen molar-refractivity contribution in [1.82, 2.24) is 29.6 Å². The number of amides is 1. The summed E-state index contributed by atoms with van der Waals surface area (Å²) in [4.78, 5) is 44.3. The largest absolute Gasteiger partial charge is 0.480 e. The molecule has 0 saturated carbocycles. The molecule has 4 aromatic heterocycles. The molecule has 1 atom stereocenters. The molecule has 0 bridgehead atoms. The molecule has 35 heavy (non-hydrogen) atoms. The van der Waals surface area contributed by atoms with E-state index in [-0.39, 0.29) is 41.6 Å². The van der Waals surface area contributed by atoms with Gasteiger partial charge < -0.3 is 24.4 Å². The van der Waals surface area contributed by atoms with Gasteiger partial charge in [-0.3, -0.25) is 14.6 Å². The number of aryl methyl sites for hydroxylation is 1. The van der Waals surface area contributed by atoms with E-state index < -0.39 is 11.6 Å². The molecule has 6 heterocycles. The van der Waals surface area contributed by atoms with Crippen LogP contribution >= 0.6 is 0 Å². The number of ether oxygens (including phenoxy) is 1. The molecule has 2 aliphatic rings. The number of nitrogens with one attached hydrogen (secondary N) is 2. The number of carbonyl (C=O) groups excluding carboxylic acids is 1. The first kappa shape index (κ1) is 21.2.